The number of rotatable bonds is 5. The van der Waals surface area contributed by atoms with Crippen LogP contribution in [-0.2, 0) is 6.54 Å². The van der Waals surface area contributed by atoms with E-state index >= 15 is 0 Å². The van der Waals surface area contributed by atoms with Gasteiger partial charge >= 0.3 is 11.1 Å². The normalized spacial score (nSPS) is 11.2. The molecule has 0 spiro atoms. The standard InChI is InChI=1S/C21H19N5O4/c1-12(2)26-16-9-8-14(10-15(16)23-20(28)21(26)29)18-24-17(30-25-18)11-22-19(27)13-6-4-3-5-7-13/h3-10,12H,11H2,1-2H3,(H,22,27)(H,23,28). The Morgan fingerprint density at radius 2 is 1.93 bits per heavy atom. The summed E-state index contributed by atoms with van der Waals surface area (Å²) >= 11 is 0. The smallest absolute Gasteiger partial charge is 0.316 e. The maximum Gasteiger partial charge on any atom is 0.316 e. The molecule has 4 rings (SSSR count). The Labute approximate surface area is 170 Å². The Morgan fingerprint density at radius 3 is 2.67 bits per heavy atom. The molecule has 2 heterocycles. The maximum atomic E-state index is 12.2. The van der Waals surface area contributed by atoms with E-state index in [-0.39, 0.29) is 24.4 Å². The summed E-state index contributed by atoms with van der Waals surface area (Å²) in [5.74, 6) is 0.310. The molecule has 0 saturated heterocycles. The van der Waals surface area contributed by atoms with Crippen molar-refractivity contribution in [2.45, 2.75) is 26.4 Å². The molecular weight excluding hydrogens is 386 g/mol. The summed E-state index contributed by atoms with van der Waals surface area (Å²) in [6.45, 7) is 3.75. The van der Waals surface area contributed by atoms with E-state index in [0.29, 0.717) is 28.0 Å². The predicted molar refractivity (Wildman–Crippen MR) is 110 cm³/mol. The van der Waals surface area contributed by atoms with Gasteiger partial charge in [0.05, 0.1) is 17.6 Å². The quantitative estimate of drug-likeness (QED) is 0.491. The van der Waals surface area contributed by atoms with Gasteiger partial charge in [0, 0.05) is 17.2 Å². The summed E-state index contributed by atoms with van der Waals surface area (Å²) in [4.78, 5) is 43.2. The van der Waals surface area contributed by atoms with Gasteiger partial charge in [0.15, 0.2) is 0 Å². The lowest BCUT2D eigenvalue weighted by Gasteiger charge is -2.13. The number of hydrogen-bond donors (Lipinski definition) is 2. The van der Waals surface area contributed by atoms with E-state index in [4.69, 9.17) is 4.52 Å². The van der Waals surface area contributed by atoms with E-state index < -0.39 is 11.1 Å². The molecule has 4 aromatic rings. The zero-order valence-corrected chi connectivity index (χ0v) is 16.4. The first-order chi connectivity index (χ1) is 14.4. The molecule has 0 aliphatic carbocycles. The molecule has 0 saturated carbocycles. The topological polar surface area (TPSA) is 123 Å². The third kappa shape index (κ3) is 3.64. The number of aromatic nitrogens is 4. The van der Waals surface area contributed by atoms with Gasteiger partial charge in [0.25, 0.3) is 5.91 Å². The number of fused-ring (bicyclic) bond motifs is 1. The largest absolute Gasteiger partial charge is 0.343 e. The highest BCUT2D eigenvalue weighted by atomic mass is 16.5. The van der Waals surface area contributed by atoms with Gasteiger partial charge in [0.2, 0.25) is 11.7 Å². The lowest BCUT2D eigenvalue weighted by atomic mass is 10.1. The van der Waals surface area contributed by atoms with Crippen molar-refractivity contribution in [3.63, 3.8) is 0 Å². The van der Waals surface area contributed by atoms with Crippen LogP contribution in [0, 0.1) is 0 Å². The van der Waals surface area contributed by atoms with Crippen molar-refractivity contribution in [1.29, 1.82) is 0 Å². The summed E-state index contributed by atoms with van der Waals surface area (Å²) in [7, 11) is 0. The molecule has 0 radical (unpaired) electrons. The number of amides is 1. The highest BCUT2D eigenvalue weighted by Gasteiger charge is 2.14. The number of nitrogens with one attached hydrogen (secondary N) is 2. The van der Waals surface area contributed by atoms with E-state index in [0.717, 1.165) is 0 Å². The number of H-pyrrole nitrogens is 1. The van der Waals surface area contributed by atoms with Gasteiger partial charge in [0.1, 0.15) is 0 Å². The highest BCUT2D eigenvalue weighted by molar-refractivity contribution is 5.94. The predicted octanol–water partition coefficient (Wildman–Crippen LogP) is 2.25. The van der Waals surface area contributed by atoms with E-state index in [1.54, 1.807) is 42.5 Å². The molecular formula is C21H19N5O4. The molecule has 9 nitrogen and oxygen atoms in total. The number of hydrogen-bond acceptors (Lipinski definition) is 6. The Morgan fingerprint density at radius 1 is 1.17 bits per heavy atom. The molecule has 2 aromatic carbocycles. The molecule has 152 valence electrons. The van der Waals surface area contributed by atoms with Gasteiger partial charge in [-0.3, -0.25) is 19.0 Å². The zero-order chi connectivity index (χ0) is 21.3. The first kappa shape index (κ1) is 19.3. The van der Waals surface area contributed by atoms with E-state index in [1.807, 2.05) is 19.9 Å². The summed E-state index contributed by atoms with van der Waals surface area (Å²) in [5.41, 5.74) is 0.960. The summed E-state index contributed by atoms with van der Waals surface area (Å²) in [5, 5.41) is 6.67. The molecule has 9 heteroatoms. The Hall–Kier alpha value is -4.01. The molecule has 1 amide bonds. The monoisotopic (exact) mass is 405 g/mol. The van der Waals surface area contributed by atoms with Crippen LogP contribution in [0.2, 0.25) is 0 Å². The fraction of sp³-hybridized carbons (Fsp3) is 0.190. The van der Waals surface area contributed by atoms with Crippen LogP contribution in [0.15, 0.2) is 62.6 Å². The van der Waals surface area contributed by atoms with Crippen molar-refractivity contribution < 1.29 is 9.32 Å². The Balaban J connectivity index is 1.59. The van der Waals surface area contributed by atoms with Crippen molar-refractivity contribution in [2.75, 3.05) is 0 Å². The second-order valence-corrected chi connectivity index (χ2v) is 7.02. The number of carbonyl (C=O) groups is 1. The van der Waals surface area contributed by atoms with Gasteiger partial charge in [-0.15, -0.1) is 0 Å². The zero-order valence-electron chi connectivity index (χ0n) is 16.4. The Kier molecular flexibility index (Phi) is 5.01. The van der Waals surface area contributed by atoms with Gasteiger partial charge in [-0.2, -0.15) is 4.98 Å². The van der Waals surface area contributed by atoms with Crippen LogP contribution < -0.4 is 16.4 Å². The summed E-state index contributed by atoms with van der Waals surface area (Å²) < 4.78 is 6.66. The SMILES string of the molecule is CC(C)n1c(=O)c(=O)[nH]c2cc(-c3noc(CNC(=O)c4ccccc4)n3)ccc21. The van der Waals surface area contributed by atoms with Crippen molar-refractivity contribution in [3.8, 4) is 11.4 Å². The van der Waals surface area contributed by atoms with Gasteiger partial charge in [-0.1, -0.05) is 23.4 Å². The number of carbonyl (C=O) groups excluding carboxylic acids is 1. The number of nitrogens with zero attached hydrogens (tertiary/aromatic N) is 3. The average molecular weight is 405 g/mol. The lowest BCUT2D eigenvalue weighted by Crippen LogP contribution is -2.37. The minimum absolute atomic E-state index is 0.0814. The van der Waals surface area contributed by atoms with Crippen molar-refractivity contribution in [2.24, 2.45) is 0 Å². The third-order valence-electron chi connectivity index (χ3n) is 4.60. The second-order valence-electron chi connectivity index (χ2n) is 7.02. The highest BCUT2D eigenvalue weighted by Crippen LogP contribution is 2.21. The van der Waals surface area contributed by atoms with Crippen LogP contribution in [-0.4, -0.2) is 25.6 Å². The molecule has 0 aliphatic rings. The van der Waals surface area contributed by atoms with Crippen molar-refractivity contribution >= 4 is 16.9 Å². The fourth-order valence-corrected chi connectivity index (χ4v) is 3.18. The van der Waals surface area contributed by atoms with Crippen LogP contribution >= 0.6 is 0 Å². The van der Waals surface area contributed by atoms with Crippen molar-refractivity contribution in [1.82, 2.24) is 25.0 Å². The van der Waals surface area contributed by atoms with Crippen LogP contribution in [0.4, 0.5) is 0 Å². The summed E-state index contributed by atoms with van der Waals surface area (Å²) in [6.07, 6.45) is 0. The minimum Gasteiger partial charge on any atom is -0.343 e. The maximum absolute atomic E-state index is 12.2. The average Bonchev–Trinajstić information content (AvgIpc) is 3.22. The number of benzene rings is 2. The third-order valence-corrected chi connectivity index (χ3v) is 4.60. The van der Waals surface area contributed by atoms with Gasteiger partial charge in [-0.25, -0.2) is 0 Å². The van der Waals surface area contributed by atoms with Crippen LogP contribution in [0.25, 0.3) is 22.4 Å². The molecule has 30 heavy (non-hydrogen) atoms. The van der Waals surface area contributed by atoms with Crippen LogP contribution in [0.1, 0.15) is 36.1 Å². The van der Waals surface area contributed by atoms with Gasteiger partial charge in [-0.05, 0) is 44.2 Å². The van der Waals surface area contributed by atoms with E-state index in [2.05, 4.69) is 20.4 Å². The first-order valence-electron chi connectivity index (χ1n) is 9.39. The molecule has 0 bridgehead atoms. The van der Waals surface area contributed by atoms with Crippen LogP contribution in [0.5, 0.6) is 0 Å². The lowest BCUT2D eigenvalue weighted by molar-refractivity contribution is 0.0946. The molecule has 2 aromatic heterocycles. The minimum atomic E-state index is -0.689. The first-order valence-corrected chi connectivity index (χ1v) is 9.39. The van der Waals surface area contributed by atoms with E-state index in [1.165, 1.54) is 4.57 Å². The second kappa shape index (κ2) is 7.78. The van der Waals surface area contributed by atoms with Crippen molar-refractivity contribution in [3.05, 3.63) is 80.7 Å². The molecule has 2 N–H and O–H groups in total. The number of aromatic amines is 1. The van der Waals surface area contributed by atoms with E-state index in [9.17, 15) is 14.4 Å². The molecule has 0 aliphatic heterocycles. The molecule has 0 fully saturated rings. The Bertz CT molecular complexity index is 1340. The fourth-order valence-electron chi connectivity index (χ4n) is 3.18. The molecule has 0 atom stereocenters. The molecule has 0 unspecified atom stereocenters. The van der Waals surface area contributed by atoms with Crippen LogP contribution in [0.3, 0.4) is 0 Å². The summed E-state index contributed by atoms with van der Waals surface area (Å²) in [6, 6.07) is 13.8. The van der Waals surface area contributed by atoms with Gasteiger partial charge < -0.3 is 14.8 Å².